The summed E-state index contributed by atoms with van der Waals surface area (Å²) in [6.45, 7) is 3.38. The molecule has 0 spiro atoms. The summed E-state index contributed by atoms with van der Waals surface area (Å²) in [7, 11) is 0. The van der Waals surface area contributed by atoms with E-state index >= 15 is 0 Å². The molecule has 26 heavy (non-hydrogen) atoms. The minimum Gasteiger partial charge on any atom is -0.484 e. The molecule has 2 aromatic heterocycles. The molecule has 0 radical (unpaired) electrons. The molecule has 3 rings (SSSR count). The minimum absolute atomic E-state index is 0.219. The first-order valence-electron chi connectivity index (χ1n) is 7.68. The number of carbonyl (C=O) groups excluding carboxylic acids is 1. The monoisotopic (exact) mass is 390 g/mol. The average Bonchev–Trinajstić information content (AvgIpc) is 3.04. The van der Waals surface area contributed by atoms with Gasteiger partial charge in [-0.15, -0.1) is 11.3 Å². The fourth-order valence-corrected chi connectivity index (χ4v) is 3.27. The molecule has 0 saturated carbocycles. The van der Waals surface area contributed by atoms with Crippen molar-refractivity contribution in [3.63, 3.8) is 0 Å². The van der Waals surface area contributed by atoms with E-state index in [2.05, 4.69) is 10.5 Å². The number of amides is 1. The lowest BCUT2D eigenvalue weighted by molar-refractivity contribution is -0.123. The summed E-state index contributed by atoms with van der Waals surface area (Å²) in [6.07, 6.45) is 0. The third-order valence-electron chi connectivity index (χ3n) is 3.57. The Balaban J connectivity index is 1.62. The van der Waals surface area contributed by atoms with Crippen molar-refractivity contribution in [2.24, 2.45) is 5.10 Å². The standard InChI is InChI=1S/C18H15ClN2O4S/c1-10-7-18(23)25-14-8-12(3-4-13(10)14)24-9-17(22)21-20-11(2)15-5-6-16(19)26-15/h3-8H,9H2,1-2H3,(H,21,22)/b20-11-. The van der Waals surface area contributed by atoms with Gasteiger partial charge in [0.15, 0.2) is 6.61 Å². The summed E-state index contributed by atoms with van der Waals surface area (Å²) < 4.78 is 11.2. The number of aryl methyl sites for hydroxylation is 1. The summed E-state index contributed by atoms with van der Waals surface area (Å²) in [5.41, 5.74) is 3.89. The van der Waals surface area contributed by atoms with Crippen LogP contribution in [0.15, 0.2) is 50.7 Å². The van der Waals surface area contributed by atoms with Crippen molar-refractivity contribution in [1.82, 2.24) is 5.43 Å². The zero-order valence-electron chi connectivity index (χ0n) is 14.0. The van der Waals surface area contributed by atoms with E-state index in [1.54, 1.807) is 31.2 Å². The fourth-order valence-electron chi connectivity index (χ4n) is 2.29. The molecule has 0 saturated heterocycles. The second-order valence-corrected chi connectivity index (χ2v) is 7.25. The summed E-state index contributed by atoms with van der Waals surface area (Å²) in [6, 6.07) is 10.1. The van der Waals surface area contributed by atoms with Crippen LogP contribution >= 0.6 is 22.9 Å². The van der Waals surface area contributed by atoms with Crippen LogP contribution in [-0.4, -0.2) is 18.2 Å². The second kappa shape index (κ2) is 7.72. The largest absolute Gasteiger partial charge is 0.484 e. The zero-order chi connectivity index (χ0) is 18.7. The van der Waals surface area contributed by atoms with Crippen molar-refractivity contribution >= 4 is 45.5 Å². The molecule has 1 amide bonds. The van der Waals surface area contributed by atoms with E-state index in [1.807, 2.05) is 13.0 Å². The smallest absolute Gasteiger partial charge is 0.336 e. The average molecular weight is 391 g/mol. The fraction of sp³-hybridized carbons (Fsp3) is 0.167. The minimum atomic E-state index is -0.427. The van der Waals surface area contributed by atoms with Crippen LogP contribution in [0.4, 0.5) is 0 Å². The maximum Gasteiger partial charge on any atom is 0.336 e. The molecular formula is C18H15ClN2O4S. The molecule has 0 aliphatic heterocycles. The molecule has 2 heterocycles. The number of nitrogens with one attached hydrogen (secondary N) is 1. The van der Waals surface area contributed by atoms with Gasteiger partial charge in [-0.3, -0.25) is 4.79 Å². The van der Waals surface area contributed by atoms with Gasteiger partial charge in [0.2, 0.25) is 0 Å². The first-order valence-corrected chi connectivity index (χ1v) is 8.88. The third-order valence-corrected chi connectivity index (χ3v) is 4.91. The number of benzene rings is 1. The number of thiophene rings is 1. The van der Waals surface area contributed by atoms with Gasteiger partial charge >= 0.3 is 5.63 Å². The van der Waals surface area contributed by atoms with Gasteiger partial charge in [0.1, 0.15) is 11.3 Å². The first kappa shape index (κ1) is 18.2. The number of ether oxygens (including phenoxy) is 1. The highest BCUT2D eigenvalue weighted by Gasteiger charge is 2.07. The van der Waals surface area contributed by atoms with Gasteiger partial charge < -0.3 is 9.15 Å². The van der Waals surface area contributed by atoms with Gasteiger partial charge in [-0.1, -0.05) is 11.6 Å². The Morgan fingerprint density at radius 3 is 2.85 bits per heavy atom. The van der Waals surface area contributed by atoms with E-state index in [-0.39, 0.29) is 6.61 Å². The molecule has 8 heteroatoms. The lowest BCUT2D eigenvalue weighted by atomic mass is 10.1. The van der Waals surface area contributed by atoms with E-state index in [0.29, 0.717) is 21.4 Å². The van der Waals surface area contributed by atoms with Crippen LogP contribution in [0, 0.1) is 6.92 Å². The molecule has 0 aliphatic carbocycles. The molecule has 1 N–H and O–H groups in total. The SMILES string of the molecule is C/C(=N/NC(=O)COc1ccc2c(C)cc(=O)oc2c1)c1ccc(Cl)s1. The van der Waals surface area contributed by atoms with Crippen LogP contribution in [0.25, 0.3) is 11.0 Å². The highest BCUT2D eigenvalue weighted by molar-refractivity contribution is 7.18. The Morgan fingerprint density at radius 1 is 1.31 bits per heavy atom. The molecule has 134 valence electrons. The number of halogens is 1. The number of hydrogen-bond donors (Lipinski definition) is 1. The molecule has 1 aromatic carbocycles. The van der Waals surface area contributed by atoms with Crippen LogP contribution in [0.1, 0.15) is 17.4 Å². The zero-order valence-corrected chi connectivity index (χ0v) is 15.6. The van der Waals surface area contributed by atoms with Crippen molar-refractivity contribution in [2.45, 2.75) is 13.8 Å². The topological polar surface area (TPSA) is 80.9 Å². The number of hydrogen-bond acceptors (Lipinski definition) is 6. The Labute approximate surface area is 158 Å². The van der Waals surface area contributed by atoms with E-state index in [9.17, 15) is 9.59 Å². The predicted octanol–water partition coefficient (Wildman–Crippen LogP) is 3.74. The van der Waals surface area contributed by atoms with Gasteiger partial charge in [0, 0.05) is 17.5 Å². The highest BCUT2D eigenvalue weighted by atomic mass is 35.5. The molecule has 0 aliphatic rings. The number of fused-ring (bicyclic) bond motifs is 1. The second-order valence-electron chi connectivity index (χ2n) is 5.53. The van der Waals surface area contributed by atoms with E-state index in [1.165, 1.54) is 17.4 Å². The number of rotatable bonds is 5. The van der Waals surface area contributed by atoms with Gasteiger partial charge in [0.05, 0.1) is 14.9 Å². The summed E-state index contributed by atoms with van der Waals surface area (Å²) >= 11 is 7.25. The van der Waals surface area contributed by atoms with Crippen LogP contribution in [0.2, 0.25) is 4.34 Å². The summed E-state index contributed by atoms with van der Waals surface area (Å²) in [4.78, 5) is 24.2. The van der Waals surface area contributed by atoms with E-state index < -0.39 is 11.5 Å². The maximum atomic E-state index is 11.9. The number of carbonyl (C=O) groups is 1. The Kier molecular flexibility index (Phi) is 5.39. The number of hydrazone groups is 1. The van der Waals surface area contributed by atoms with Crippen LogP contribution in [0.5, 0.6) is 5.75 Å². The predicted molar refractivity (Wildman–Crippen MR) is 102 cm³/mol. The molecule has 6 nitrogen and oxygen atoms in total. The van der Waals surface area contributed by atoms with Gasteiger partial charge in [-0.05, 0) is 43.7 Å². The molecular weight excluding hydrogens is 376 g/mol. The lowest BCUT2D eigenvalue weighted by Gasteiger charge is -2.07. The van der Waals surface area contributed by atoms with Crippen molar-refractivity contribution in [3.05, 3.63) is 61.6 Å². The highest BCUT2D eigenvalue weighted by Crippen LogP contribution is 2.23. The van der Waals surface area contributed by atoms with Crippen LogP contribution < -0.4 is 15.8 Å². The maximum absolute atomic E-state index is 11.9. The van der Waals surface area contributed by atoms with Crippen molar-refractivity contribution < 1.29 is 13.9 Å². The van der Waals surface area contributed by atoms with Gasteiger partial charge in [0.25, 0.3) is 5.91 Å². The molecule has 0 fully saturated rings. The number of nitrogens with zero attached hydrogens (tertiary/aromatic N) is 1. The molecule has 0 unspecified atom stereocenters. The van der Waals surface area contributed by atoms with Crippen molar-refractivity contribution in [1.29, 1.82) is 0 Å². The Bertz CT molecular complexity index is 1050. The van der Waals surface area contributed by atoms with Gasteiger partial charge in [-0.2, -0.15) is 5.10 Å². The summed E-state index contributed by atoms with van der Waals surface area (Å²) in [5.74, 6) is 0.0185. The third kappa shape index (κ3) is 4.30. The first-order chi connectivity index (χ1) is 12.4. The van der Waals surface area contributed by atoms with Gasteiger partial charge in [-0.25, -0.2) is 10.2 Å². The normalized spacial score (nSPS) is 11.6. The van der Waals surface area contributed by atoms with Crippen molar-refractivity contribution in [2.75, 3.05) is 6.61 Å². The quantitative estimate of drug-likeness (QED) is 0.409. The summed E-state index contributed by atoms with van der Waals surface area (Å²) in [5, 5.41) is 4.84. The van der Waals surface area contributed by atoms with Crippen molar-refractivity contribution in [3.8, 4) is 5.75 Å². The van der Waals surface area contributed by atoms with E-state index in [4.69, 9.17) is 20.8 Å². The molecule has 0 atom stereocenters. The van der Waals surface area contributed by atoms with Crippen LogP contribution in [0.3, 0.4) is 0 Å². The Hall–Kier alpha value is -2.64. The Morgan fingerprint density at radius 2 is 2.12 bits per heavy atom. The lowest BCUT2D eigenvalue weighted by Crippen LogP contribution is -2.25. The molecule has 3 aromatic rings. The van der Waals surface area contributed by atoms with E-state index in [0.717, 1.165) is 15.8 Å². The van der Waals surface area contributed by atoms with Crippen LogP contribution in [-0.2, 0) is 4.79 Å². The molecule has 0 bridgehead atoms.